The molecular formula is C16H13NO4S. The minimum atomic E-state index is -0.471. The number of thiophene rings is 1. The predicted octanol–water partition coefficient (Wildman–Crippen LogP) is 3.11. The summed E-state index contributed by atoms with van der Waals surface area (Å²) in [6, 6.07) is 9.07. The maximum atomic E-state index is 11.9. The second kappa shape index (κ2) is 6.03. The van der Waals surface area contributed by atoms with Crippen LogP contribution in [0.4, 0.5) is 0 Å². The van der Waals surface area contributed by atoms with Gasteiger partial charge in [-0.05, 0) is 29.7 Å². The number of hydrogen-bond donors (Lipinski definition) is 0. The van der Waals surface area contributed by atoms with Crippen molar-refractivity contribution in [3.05, 3.63) is 51.8 Å². The van der Waals surface area contributed by atoms with Crippen molar-refractivity contribution in [2.24, 2.45) is 4.99 Å². The second-order valence-electron chi connectivity index (χ2n) is 4.42. The van der Waals surface area contributed by atoms with Gasteiger partial charge >= 0.3 is 5.97 Å². The highest BCUT2D eigenvalue weighted by molar-refractivity contribution is 7.12. The van der Waals surface area contributed by atoms with Gasteiger partial charge in [-0.3, -0.25) is 0 Å². The van der Waals surface area contributed by atoms with Crippen molar-refractivity contribution in [2.75, 3.05) is 14.2 Å². The fraction of sp³-hybridized carbons (Fsp3) is 0.125. The number of cyclic esters (lactones) is 1. The van der Waals surface area contributed by atoms with Crippen LogP contribution in [0.15, 0.2) is 46.4 Å². The zero-order valence-corrected chi connectivity index (χ0v) is 12.8. The van der Waals surface area contributed by atoms with E-state index in [0.29, 0.717) is 17.4 Å². The van der Waals surface area contributed by atoms with Crippen molar-refractivity contribution >= 4 is 29.3 Å². The average molecular weight is 315 g/mol. The largest absolute Gasteiger partial charge is 0.497 e. The van der Waals surface area contributed by atoms with Crippen LogP contribution in [0.5, 0.6) is 11.5 Å². The minimum absolute atomic E-state index is 0.242. The number of hydrogen-bond acceptors (Lipinski definition) is 6. The van der Waals surface area contributed by atoms with Crippen LogP contribution in [0.3, 0.4) is 0 Å². The first-order chi connectivity index (χ1) is 10.7. The van der Waals surface area contributed by atoms with E-state index in [2.05, 4.69) is 4.99 Å². The van der Waals surface area contributed by atoms with Crippen LogP contribution in [0.2, 0.25) is 0 Å². The number of nitrogens with zero attached hydrogens (tertiary/aromatic N) is 1. The molecule has 0 saturated carbocycles. The van der Waals surface area contributed by atoms with E-state index in [-0.39, 0.29) is 5.70 Å². The van der Waals surface area contributed by atoms with Gasteiger partial charge < -0.3 is 14.2 Å². The third-order valence-corrected chi connectivity index (χ3v) is 3.94. The molecule has 0 atom stereocenters. The van der Waals surface area contributed by atoms with Crippen molar-refractivity contribution in [3.8, 4) is 11.5 Å². The number of carbonyl (C=O) groups is 1. The molecule has 3 rings (SSSR count). The maximum absolute atomic E-state index is 11.9. The predicted molar refractivity (Wildman–Crippen MR) is 84.5 cm³/mol. The summed E-state index contributed by atoms with van der Waals surface area (Å²) < 4.78 is 15.7. The van der Waals surface area contributed by atoms with Gasteiger partial charge in [-0.25, -0.2) is 9.79 Å². The molecule has 0 saturated heterocycles. The van der Waals surface area contributed by atoms with Crippen LogP contribution in [-0.4, -0.2) is 26.1 Å². The molecule has 6 heteroatoms. The smallest absolute Gasteiger partial charge is 0.363 e. The van der Waals surface area contributed by atoms with E-state index in [1.54, 1.807) is 38.5 Å². The Morgan fingerprint density at radius 2 is 2.09 bits per heavy atom. The van der Waals surface area contributed by atoms with Gasteiger partial charge in [-0.15, -0.1) is 11.3 Å². The lowest BCUT2D eigenvalue weighted by atomic mass is 10.1. The zero-order chi connectivity index (χ0) is 15.5. The Morgan fingerprint density at radius 3 is 2.77 bits per heavy atom. The Kier molecular flexibility index (Phi) is 3.93. The number of methoxy groups -OCH3 is 2. The lowest BCUT2D eigenvalue weighted by Crippen LogP contribution is -2.03. The molecule has 22 heavy (non-hydrogen) atoms. The third-order valence-electron chi connectivity index (χ3n) is 3.09. The van der Waals surface area contributed by atoms with Gasteiger partial charge in [0.05, 0.1) is 19.1 Å². The molecule has 0 N–H and O–H groups in total. The first kappa shape index (κ1) is 14.3. The van der Waals surface area contributed by atoms with E-state index in [0.717, 1.165) is 10.4 Å². The van der Waals surface area contributed by atoms with Crippen LogP contribution in [0.25, 0.3) is 6.08 Å². The van der Waals surface area contributed by atoms with Crippen LogP contribution in [0.1, 0.15) is 10.4 Å². The lowest BCUT2D eigenvalue weighted by molar-refractivity contribution is -0.129. The molecule has 1 aromatic heterocycles. The third kappa shape index (κ3) is 2.73. The fourth-order valence-corrected chi connectivity index (χ4v) is 2.65. The Balaban J connectivity index is 1.96. The topological polar surface area (TPSA) is 57.1 Å². The van der Waals surface area contributed by atoms with Crippen molar-refractivity contribution in [2.45, 2.75) is 0 Å². The summed E-state index contributed by atoms with van der Waals surface area (Å²) in [4.78, 5) is 17.0. The van der Waals surface area contributed by atoms with Crippen molar-refractivity contribution in [1.29, 1.82) is 0 Å². The molecule has 2 aromatic rings. The van der Waals surface area contributed by atoms with Crippen molar-refractivity contribution in [3.63, 3.8) is 0 Å². The molecule has 0 bridgehead atoms. The molecule has 0 unspecified atom stereocenters. The van der Waals surface area contributed by atoms with Crippen LogP contribution in [-0.2, 0) is 9.53 Å². The monoisotopic (exact) mass is 315 g/mol. The number of rotatable bonds is 4. The summed E-state index contributed by atoms with van der Waals surface area (Å²) in [5, 5.41) is 1.90. The summed E-state index contributed by atoms with van der Waals surface area (Å²) in [6.45, 7) is 0. The zero-order valence-electron chi connectivity index (χ0n) is 12.0. The first-order valence-electron chi connectivity index (χ1n) is 6.49. The van der Waals surface area contributed by atoms with Gasteiger partial charge in [-0.1, -0.05) is 6.07 Å². The molecule has 0 spiro atoms. The summed E-state index contributed by atoms with van der Waals surface area (Å²) >= 11 is 1.47. The highest BCUT2D eigenvalue weighted by atomic mass is 32.1. The number of carbonyl (C=O) groups excluding carboxylic acids is 1. The molecule has 0 aliphatic carbocycles. The lowest BCUT2D eigenvalue weighted by Gasteiger charge is -2.07. The molecular weight excluding hydrogens is 302 g/mol. The van der Waals surface area contributed by atoms with Crippen molar-refractivity contribution in [1.82, 2.24) is 0 Å². The van der Waals surface area contributed by atoms with E-state index >= 15 is 0 Å². The Morgan fingerprint density at radius 1 is 1.23 bits per heavy atom. The van der Waals surface area contributed by atoms with E-state index in [1.165, 1.54) is 11.3 Å². The van der Waals surface area contributed by atoms with Gasteiger partial charge in [0.15, 0.2) is 5.70 Å². The number of esters is 1. The molecule has 0 fully saturated rings. The second-order valence-corrected chi connectivity index (χ2v) is 5.37. The van der Waals surface area contributed by atoms with Crippen molar-refractivity contribution < 1.29 is 19.0 Å². The van der Waals surface area contributed by atoms with E-state index in [4.69, 9.17) is 14.2 Å². The van der Waals surface area contributed by atoms with Gasteiger partial charge in [0, 0.05) is 11.6 Å². The van der Waals surface area contributed by atoms with Crippen LogP contribution in [0, 0.1) is 0 Å². The Labute approximate surface area is 131 Å². The molecule has 1 aliphatic rings. The Hall–Kier alpha value is -2.60. The SMILES string of the molecule is COc1ccc(/C=C2\N=C(c3cccs3)OC2=O)c(OC)c1. The molecule has 2 heterocycles. The summed E-state index contributed by atoms with van der Waals surface area (Å²) in [5.74, 6) is 1.13. The van der Waals surface area contributed by atoms with Gasteiger partial charge in [0.1, 0.15) is 11.5 Å². The first-order valence-corrected chi connectivity index (χ1v) is 7.37. The van der Waals surface area contributed by atoms with E-state index in [1.807, 2.05) is 17.5 Å². The van der Waals surface area contributed by atoms with Gasteiger partial charge in [0.25, 0.3) is 0 Å². The number of ether oxygens (including phenoxy) is 3. The number of aliphatic imine (C=N–C) groups is 1. The standard InChI is InChI=1S/C16H13NO4S/c1-19-11-6-5-10(13(9-11)20-2)8-12-16(18)21-15(17-12)14-4-3-7-22-14/h3-9H,1-2H3/b12-8-. The molecule has 1 aliphatic heterocycles. The molecule has 0 radical (unpaired) electrons. The molecule has 112 valence electrons. The fourth-order valence-electron chi connectivity index (χ4n) is 2.00. The molecule has 5 nitrogen and oxygen atoms in total. The Bertz CT molecular complexity index is 762. The average Bonchev–Trinajstić information content (AvgIpc) is 3.18. The van der Waals surface area contributed by atoms with Crippen LogP contribution < -0.4 is 9.47 Å². The molecule has 1 aromatic carbocycles. The van der Waals surface area contributed by atoms with Gasteiger partial charge in [0.2, 0.25) is 5.90 Å². The van der Waals surface area contributed by atoms with Crippen LogP contribution >= 0.6 is 11.3 Å². The quantitative estimate of drug-likeness (QED) is 0.642. The molecule has 0 amide bonds. The van der Waals surface area contributed by atoms with E-state index in [9.17, 15) is 4.79 Å². The minimum Gasteiger partial charge on any atom is -0.497 e. The summed E-state index contributed by atoms with van der Waals surface area (Å²) in [5.41, 5.74) is 0.971. The maximum Gasteiger partial charge on any atom is 0.363 e. The highest BCUT2D eigenvalue weighted by Gasteiger charge is 2.25. The summed E-state index contributed by atoms with van der Waals surface area (Å²) in [7, 11) is 3.14. The highest BCUT2D eigenvalue weighted by Crippen LogP contribution is 2.28. The summed E-state index contributed by atoms with van der Waals surface area (Å²) in [6.07, 6.45) is 1.64. The normalized spacial score (nSPS) is 15.6. The van der Waals surface area contributed by atoms with Gasteiger partial charge in [-0.2, -0.15) is 0 Å². The van der Waals surface area contributed by atoms with E-state index < -0.39 is 5.97 Å². The number of benzene rings is 1.